The Morgan fingerprint density at radius 3 is 2.52 bits per heavy atom. The van der Waals surface area contributed by atoms with Gasteiger partial charge in [-0.25, -0.2) is 0 Å². The van der Waals surface area contributed by atoms with Gasteiger partial charge >= 0.3 is 0 Å². The van der Waals surface area contributed by atoms with Gasteiger partial charge in [-0.05, 0) is 57.3 Å². The fourth-order valence-electron chi connectivity index (χ4n) is 3.62. The molecule has 0 aromatic carbocycles. The Morgan fingerprint density at radius 2 is 1.86 bits per heavy atom. The molecule has 0 aromatic heterocycles. The molecule has 1 heterocycles. The molecule has 2 fully saturated rings. The summed E-state index contributed by atoms with van der Waals surface area (Å²) in [6.07, 6.45) is 8.83. The first-order chi connectivity index (χ1) is 10.1. The molecule has 1 aliphatic heterocycles. The summed E-state index contributed by atoms with van der Waals surface area (Å²) in [6.45, 7) is 0.729. The van der Waals surface area contributed by atoms with E-state index in [0.29, 0.717) is 18.4 Å². The number of rotatable bonds is 4. The van der Waals surface area contributed by atoms with Gasteiger partial charge in [-0.1, -0.05) is 0 Å². The number of nitrogens with zero attached hydrogens (tertiary/aromatic N) is 1. The average molecular weight is 295 g/mol. The molecule has 21 heavy (non-hydrogen) atoms. The van der Waals surface area contributed by atoms with Crippen molar-refractivity contribution in [2.24, 2.45) is 11.7 Å². The van der Waals surface area contributed by atoms with Gasteiger partial charge in [0.15, 0.2) is 0 Å². The van der Waals surface area contributed by atoms with Crippen LogP contribution in [0.2, 0.25) is 0 Å². The first kappa shape index (κ1) is 16.3. The Hall–Kier alpha value is -1.10. The molecule has 1 unspecified atom stereocenters. The molecule has 1 aliphatic carbocycles. The van der Waals surface area contributed by atoms with Gasteiger partial charge in [-0.15, -0.1) is 0 Å². The van der Waals surface area contributed by atoms with E-state index in [0.717, 1.165) is 57.9 Å². The minimum atomic E-state index is -0.254. The van der Waals surface area contributed by atoms with Gasteiger partial charge in [0.1, 0.15) is 6.04 Å². The number of likely N-dealkylation sites (N-methyl/N-ethyl adjacent to an activating group) is 1. The highest BCUT2D eigenvalue weighted by Crippen LogP contribution is 2.28. The van der Waals surface area contributed by atoms with Crippen LogP contribution < -0.4 is 11.1 Å². The first-order valence-corrected chi connectivity index (χ1v) is 8.38. The lowest BCUT2D eigenvalue weighted by Gasteiger charge is -2.35. The number of likely N-dealkylation sites (tertiary alicyclic amines) is 1. The van der Waals surface area contributed by atoms with Crippen LogP contribution in [0.4, 0.5) is 0 Å². The second-order valence-corrected chi connectivity index (χ2v) is 6.53. The molecule has 0 bridgehead atoms. The Balaban J connectivity index is 1.82. The van der Waals surface area contributed by atoms with E-state index >= 15 is 0 Å². The first-order valence-electron chi connectivity index (χ1n) is 8.38. The Labute approximate surface area is 127 Å². The normalized spacial score (nSPS) is 30.0. The molecule has 5 heteroatoms. The molecular weight excluding hydrogens is 266 g/mol. The lowest BCUT2D eigenvalue weighted by molar-refractivity contribution is -0.142. The number of amides is 2. The molecule has 1 saturated carbocycles. The fraction of sp³-hybridized carbons (Fsp3) is 0.875. The standard InChI is InChI=1S/C16H29N3O2/c1-18-16(21)14-4-2-3-11-19(14)15(20)10-7-12-5-8-13(17)9-6-12/h12-14H,2-11,17H2,1H3,(H,18,21). The Kier molecular flexibility index (Phi) is 6.03. The molecule has 2 rings (SSSR count). The van der Waals surface area contributed by atoms with Crippen LogP contribution in [-0.2, 0) is 9.59 Å². The van der Waals surface area contributed by atoms with Gasteiger partial charge in [0.2, 0.25) is 11.8 Å². The van der Waals surface area contributed by atoms with E-state index in [1.54, 1.807) is 11.9 Å². The molecule has 2 aliphatic rings. The Bertz CT molecular complexity index is 365. The maximum atomic E-state index is 12.5. The average Bonchev–Trinajstić information content (AvgIpc) is 2.53. The number of nitrogens with two attached hydrogens (primary N) is 1. The number of piperidine rings is 1. The summed E-state index contributed by atoms with van der Waals surface area (Å²) >= 11 is 0. The predicted octanol–water partition coefficient (Wildman–Crippen LogP) is 1.41. The van der Waals surface area contributed by atoms with Gasteiger partial charge in [-0.3, -0.25) is 9.59 Å². The molecular formula is C16H29N3O2. The predicted molar refractivity (Wildman–Crippen MR) is 82.6 cm³/mol. The minimum Gasteiger partial charge on any atom is -0.357 e. The van der Waals surface area contributed by atoms with Crippen molar-refractivity contribution in [3.05, 3.63) is 0 Å². The number of nitrogens with one attached hydrogen (secondary N) is 1. The molecule has 2 amide bonds. The SMILES string of the molecule is CNC(=O)C1CCCCN1C(=O)CCC1CCC(N)CC1. The van der Waals surface area contributed by atoms with Crippen LogP contribution in [0.25, 0.3) is 0 Å². The molecule has 5 nitrogen and oxygen atoms in total. The van der Waals surface area contributed by atoms with E-state index in [9.17, 15) is 9.59 Å². The Morgan fingerprint density at radius 1 is 1.14 bits per heavy atom. The summed E-state index contributed by atoms with van der Waals surface area (Å²) < 4.78 is 0. The van der Waals surface area contributed by atoms with Crippen LogP contribution in [0.1, 0.15) is 57.8 Å². The summed E-state index contributed by atoms with van der Waals surface area (Å²) in [5.74, 6) is 0.766. The molecule has 1 atom stereocenters. The minimum absolute atomic E-state index is 0.0216. The smallest absolute Gasteiger partial charge is 0.242 e. The van der Waals surface area contributed by atoms with E-state index in [-0.39, 0.29) is 17.9 Å². The highest BCUT2D eigenvalue weighted by Gasteiger charge is 2.31. The molecule has 0 radical (unpaired) electrons. The third-order valence-electron chi connectivity index (χ3n) is 5.03. The zero-order valence-electron chi connectivity index (χ0n) is 13.1. The number of carbonyl (C=O) groups excluding carboxylic acids is 2. The molecule has 120 valence electrons. The zero-order chi connectivity index (χ0) is 15.2. The van der Waals surface area contributed by atoms with E-state index < -0.39 is 0 Å². The lowest BCUT2D eigenvalue weighted by atomic mass is 9.83. The summed E-state index contributed by atoms with van der Waals surface area (Å²) in [5, 5.41) is 2.68. The van der Waals surface area contributed by atoms with Crippen LogP contribution in [0.5, 0.6) is 0 Å². The number of hydrogen-bond donors (Lipinski definition) is 2. The topological polar surface area (TPSA) is 75.4 Å². The zero-order valence-corrected chi connectivity index (χ0v) is 13.1. The van der Waals surface area contributed by atoms with Crippen molar-refractivity contribution < 1.29 is 9.59 Å². The van der Waals surface area contributed by atoms with Gasteiger partial charge in [-0.2, -0.15) is 0 Å². The van der Waals surface area contributed by atoms with Gasteiger partial charge in [0.05, 0.1) is 0 Å². The molecule has 0 aromatic rings. The van der Waals surface area contributed by atoms with Crippen molar-refractivity contribution >= 4 is 11.8 Å². The molecule has 1 saturated heterocycles. The maximum absolute atomic E-state index is 12.5. The maximum Gasteiger partial charge on any atom is 0.242 e. The van der Waals surface area contributed by atoms with Crippen LogP contribution in [-0.4, -0.2) is 42.4 Å². The monoisotopic (exact) mass is 295 g/mol. The second-order valence-electron chi connectivity index (χ2n) is 6.53. The third kappa shape index (κ3) is 4.43. The molecule has 3 N–H and O–H groups in total. The molecule has 0 spiro atoms. The van der Waals surface area contributed by atoms with Crippen LogP contribution in [0.15, 0.2) is 0 Å². The van der Waals surface area contributed by atoms with E-state index in [2.05, 4.69) is 5.32 Å². The second kappa shape index (κ2) is 7.78. The fourth-order valence-corrected chi connectivity index (χ4v) is 3.62. The van der Waals surface area contributed by atoms with Gasteiger partial charge in [0, 0.05) is 26.1 Å². The number of hydrogen-bond acceptors (Lipinski definition) is 3. The summed E-state index contributed by atoms with van der Waals surface area (Å²) in [6, 6.07) is 0.104. The van der Waals surface area contributed by atoms with Crippen LogP contribution >= 0.6 is 0 Å². The van der Waals surface area contributed by atoms with Gasteiger partial charge in [0.25, 0.3) is 0 Å². The van der Waals surface area contributed by atoms with Crippen molar-refractivity contribution in [1.29, 1.82) is 0 Å². The highest BCUT2D eigenvalue weighted by molar-refractivity contribution is 5.87. The largest absolute Gasteiger partial charge is 0.357 e. The quantitative estimate of drug-likeness (QED) is 0.823. The van der Waals surface area contributed by atoms with Crippen LogP contribution in [0, 0.1) is 5.92 Å². The summed E-state index contributed by atoms with van der Waals surface area (Å²) in [7, 11) is 1.64. The van der Waals surface area contributed by atoms with Gasteiger partial charge < -0.3 is 16.0 Å². The highest BCUT2D eigenvalue weighted by atomic mass is 16.2. The van der Waals surface area contributed by atoms with E-state index in [1.807, 2.05) is 0 Å². The van der Waals surface area contributed by atoms with E-state index in [4.69, 9.17) is 5.73 Å². The van der Waals surface area contributed by atoms with Crippen molar-refractivity contribution in [1.82, 2.24) is 10.2 Å². The van der Waals surface area contributed by atoms with Crippen molar-refractivity contribution in [2.75, 3.05) is 13.6 Å². The third-order valence-corrected chi connectivity index (χ3v) is 5.03. The van der Waals surface area contributed by atoms with Crippen molar-refractivity contribution in [2.45, 2.75) is 69.9 Å². The van der Waals surface area contributed by atoms with Crippen LogP contribution in [0.3, 0.4) is 0 Å². The number of carbonyl (C=O) groups is 2. The summed E-state index contributed by atoms with van der Waals surface area (Å²) in [5.41, 5.74) is 5.92. The lowest BCUT2D eigenvalue weighted by Crippen LogP contribution is -2.51. The van der Waals surface area contributed by atoms with Crippen molar-refractivity contribution in [3.8, 4) is 0 Å². The van der Waals surface area contributed by atoms with E-state index in [1.165, 1.54) is 0 Å². The van der Waals surface area contributed by atoms with Crippen molar-refractivity contribution in [3.63, 3.8) is 0 Å². The summed E-state index contributed by atoms with van der Waals surface area (Å²) in [4.78, 5) is 26.2.